The minimum atomic E-state index is -3.73. The van der Waals surface area contributed by atoms with E-state index in [-0.39, 0.29) is 0 Å². The fraction of sp³-hybridized carbons (Fsp3) is 0.300. The van der Waals surface area contributed by atoms with Gasteiger partial charge in [-0.2, -0.15) is 0 Å². The normalized spacial score (nSPS) is 12.0. The predicted octanol–water partition coefficient (Wildman–Crippen LogP) is 2.67. The molecule has 0 radical (unpaired) electrons. The number of hydrogen-bond donors (Lipinski definition) is 1. The maximum Gasteiger partial charge on any atom is 0.337 e. The number of rotatable bonds is 8. The number of benzene rings is 2. The highest BCUT2D eigenvalue weighted by atomic mass is 32.2. The van der Waals surface area contributed by atoms with Crippen LogP contribution in [-0.2, 0) is 19.6 Å². The van der Waals surface area contributed by atoms with Gasteiger partial charge in [0, 0.05) is 5.69 Å². The van der Waals surface area contributed by atoms with Crippen LogP contribution >= 0.6 is 0 Å². The Morgan fingerprint density at radius 3 is 2.14 bits per heavy atom. The molecule has 0 saturated carbocycles. The first-order valence-electron chi connectivity index (χ1n) is 8.89. The number of ether oxygens (including phenoxy) is 2. The van der Waals surface area contributed by atoms with Crippen molar-refractivity contribution in [3.05, 3.63) is 54.1 Å². The van der Waals surface area contributed by atoms with Crippen LogP contribution in [0.2, 0.25) is 0 Å². The lowest BCUT2D eigenvalue weighted by Gasteiger charge is -2.28. The average Bonchev–Trinajstić information content (AvgIpc) is 2.68. The summed E-state index contributed by atoms with van der Waals surface area (Å²) in [7, 11) is -2.45. The third kappa shape index (κ3) is 5.71. The number of esters is 1. The van der Waals surface area contributed by atoms with Gasteiger partial charge in [0.15, 0.2) is 0 Å². The average molecular weight is 420 g/mol. The van der Waals surface area contributed by atoms with E-state index in [9.17, 15) is 18.0 Å². The van der Waals surface area contributed by atoms with E-state index in [0.29, 0.717) is 29.3 Å². The molecule has 9 heteroatoms. The Bertz CT molecular complexity index is 955. The minimum absolute atomic E-state index is 0.339. The zero-order valence-electron chi connectivity index (χ0n) is 16.7. The van der Waals surface area contributed by atoms with Crippen molar-refractivity contribution >= 4 is 33.3 Å². The third-order valence-electron chi connectivity index (χ3n) is 4.06. The van der Waals surface area contributed by atoms with Crippen molar-refractivity contribution < 1.29 is 27.5 Å². The number of nitrogens with zero attached hydrogens (tertiary/aromatic N) is 1. The van der Waals surface area contributed by atoms with Gasteiger partial charge in [-0.05, 0) is 62.4 Å². The van der Waals surface area contributed by atoms with Crippen LogP contribution in [0.3, 0.4) is 0 Å². The van der Waals surface area contributed by atoms with Crippen molar-refractivity contribution in [2.75, 3.05) is 29.6 Å². The van der Waals surface area contributed by atoms with E-state index in [0.717, 1.165) is 10.6 Å². The molecular formula is C20H24N2O6S. The molecule has 1 atom stereocenters. The lowest BCUT2D eigenvalue weighted by atomic mass is 10.2. The molecule has 0 heterocycles. The molecule has 2 aromatic rings. The van der Waals surface area contributed by atoms with Crippen LogP contribution in [0.15, 0.2) is 48.5 Å². The summed E-state index contributed by atoms with van der Waals surface area (Å²) in [6, 6.07) is 11.5. The number of sulfonamides is 1. The molecule has 8 nitrogen and oxygen atoms in total. The van der Waals surface area contributed by atoms with Gasteiger partial charge in [0.1, 0.15) is 11.8 Å². The molecule has 2 rings (SSSR count). The molecular weight excluding hydrogens is 396 g/mol. The SMILES string of the molecule is CCOc1ccc(N([C@H](C)C(=O)Nc2ccc(C(=O)OC)cc2)S(C)(=O)=O)cc1. The van der Waals surface area contributed by atoms with Crippen molar-refractivity contribution in [2.24, 2.45) is 0 Å². The number of anilines is 2. The van der Waals surface area contributed by atoms with E-state index >= 15 is 0 Å². The van der Waals surface area contributed by atoms with Gasteiger partial charge < -0.3 is 14.8 Å². The van der Waals surface area contributed by atoms with Crippen molar-refractivity contribution in [2.45, 2.75) is 19.9 Å². The highest BCUT2D eigenvalue weighted by Crippen LogP contribution is 2.24. The van der Waals surface area contributed by atoms with Gasteiger partial charge >= 0.3 is 5.97 Å². The molecule has 0 bridgehead atoms. The summed E-state index contributed by atoms with van der Waals surface area (Å²) in [5, 5.41) is 2.66. The number of hydrogen-bond acceptors (Lipinski definition) is 6. The standard InChI is InChI=1S/C20H24N2O6S/c1-5-28-18-12-10-17(11-13-18)22(29(4,25)26)14(2)19(23)21-16-8-6-15(7-9-16)20(24)27-3/h6-14H,5H2,1-4H3,(H,21,23)/t14-/m1/s1. The highest BCUT2D eigenvalue weighted by Gasteiger charge is 2.29. The monoisotopic (exact) mass is 420 g/mol. The zero-order valence-corrected chi connectivity index (χ0v) is 17.5. The number of carbonyl (C=O) groups is 2. The van der Waals surface area contributed by atoms with E-state index in [4.69, 9.17) is 4.74 Å². The molecule has 0 aliphatic heterocycles. The van der Waals surface area contributed by atoms with E-state index in [1.165, 1.54) is 26.2 Å². The van der Waals surface area contributed by atoms with Gasteiger partial charge in [-0.25, -0.2) is 13.2 Å². The Labute approximate surface area is 170 Å². The maximum absolute atomic E-state index is 12.7. The highest BCUT2D eigenvalue weighted by molar-refractivity contribution is 7.92. The van der Waals surface area contributed by atoms with Gasteiger partial charge in [-0.1, -0.05) is 0 Å². The Morgan fingerprint density at radius 1 is 1.07 bits per heavy atom. The smallest absolute Gasteiger partial charge is 0.337 e. The Balaban J connectivity index is 2.21. The molecule has 0 fully saturated rings. The molecule has 0 aromatic heterocycles. The fourth-order valence-corrected chi connectivity index (χ4v) is 3.89. The number of amides is 1. The maximum atomic E-state index is 12.7. The Kier molecular flexibility index (Phi) is 7.22. The van der Waals surface area contributed by atoms with Gasteiger partial charge in [-0.15, -0.1) is 0 Å². The summed E-state index contributed by atoms with van der Waals surface area (Å²) in [6.45, 7) is 3.83. The molecule has 0 aliphatic rings. The number of carbonyl (C=O) groups excluding carboxylic acids is 2. The Morgan fingerprint density at radius 2 is 1.66 bits per heavy atom. The summed E-state index contributed by atoms with van der Waals surface area (Å²) in [5.74, 6) is -0.405. The van der Waals surface area contributed by atoms with Crippen LogP contribution in [0.25, 0.3) is 0 Å². The Hall–Kier alpha value is -3.07. The first kappa shape index (κ1) is 22.2. The largest absolute Gasteiger partial charge is 0.494 e. The summed E-state index contributed by atoms with van der Waals surface area (Å²) in [6.07, 6.45) is 1.04. The molecule has 0 unspecified atom stereocenters. The molecule has 0 spiro atoms. The van der Waals surface area contributed by atoms with Gasteiger partial charge in [0.05, 0.1) is 31.2 Å². The van der Waals surface area contributed by atoms with E-state index in [1.807, 2.05) is 6.92 Å². The first-order chi connectivity index (χ1) is 13.7. The fourth-order valence-electron chi connectivity index (χ4n) is 2.72. The third-order valence-corrected chi connectivity index (χ3v) is 5.31. The van der Waals surface area contributed by atoms with E-state index < -0.39 is 27.9 Å². The second-order valence-corrected chi connectivity index (χ2v) is 8.08. The quantitative estimate of drug-likeness (QED) is 0.659. The molecule has 1 amide bonds. The van der Waals surface area contributed by atoms with Crippen LogP contribution in [0, 0.1) is 0 Å². The van der Waals surface area contributed by atoms with Crippen LogP contribution in [0.1, 0.15) is 24.2 Å². The molecule has 156 valence electrons. The van der Waals surface area contributed by atoms with Gasteiger partial charge in [0.25, 0.3) is 0 Å². The van der Waals surface area contributed by atoms with Crippen molar-refractivity contribution in [3.63, 3.8) is 0 Å². The zero-order chi connectivity index (χ0) is 21.6. The molecule has 1 N–H and O–H groups in total. The lowest BCUT2D eigenvalue weighted by molar-refractivity contribution is -0.116. The summed E-state index contributed by atoms with van der Waals surface area (Å²) >= 11 is 0. The summed E-state index contributed by atoms with van der Waals surface area (Å²) in [5.41, 5.74) is 1.11. The second-order valence-electron chi connectivity index (χ2n) is 6.22. The molecule has 2 aromatic carbocycles. The van der Waals surface area contributed by atoms with E-state index in [2.05, 4.69) is 10.1 Å². The van der Waals surface area contributed by atoms with Crippen molar-refractivity contribution in [3.8, 4) is 5.75 Å². The minimum Gasteiger partial charge on any atom is -0.494 e. The lowest BCUT2D eigenvalue weighted by Crippen LogP contribution is -2.45. The van der Waals surface area contributed by atoms with Gasteiger partial charge in [-0.3, -0.25) is 9.10 Å². The summed E-state index contributed by atoms with van der Waals surface area (Å²) < 4.78 is 35.8. The second kappa shape index (κ2) is 9.42. The molecule has 0 aliphatic carbocycles. The van der Waals surface area contributed by atoms with Crippen LogP contribution in [0.4, 0.5) is 11.4 Å². The molecule has 29 heavy (non-hydrogen) atoms. The van der Waals surface area contributed by atoms with Crippen LogP contribution in [-0.4, -0.2) is 46.3 Å². The molecule has 0 saturated heterocycles. The van der Waals surface area contributed by atoms with E-state index in [1.54, 1.807) is 36.4 Å². The topological polar surface area (TPSA) is 102 Å². The number of nitrogens with one attached hydrogen (secondary N) is 1. The van der Waals surface area contributed by atoms with Crippen molar-refractivity contribution in [1.29, 1.82) is 0 Å². The predicted molar refractivity (Wildman–Crippen MR) is 111 cm³/mol. The van der Waals surface area contributed by atoms with Crippen molar-refractivity contribution in [1.82, 2.24) is 0 Å². The van der Waals surface area contributed by atoms with Crippen LogP contribution < -0.4 is 14.4 Å². The summed E-state index contributed by atoms with van der Waals surface area (Å²) in [4.78, 5) is 24.2. The van der Waals surface area contributed by atoms with Gasteiger partial charge in [0.2, 0.25) is 15.9 Å². The number of methoxy groups -OCH3 is 1. The van der Waals surface area contributed by atoms with Crippen LogP contribution in [0.5, 0.6) is 5.75 Å². The first-order valence-corrected chi connectivity index (χ1v) is 10.7.